The van der Waals surface area contributed by atoms with Gasteiger partial charge in [-0.25, -0.2) is 4.79 Å². The highest BCUT2D eigenvalue weighted by atomic mass is 16.7. The first-order valence-corrected chi connectivity index (χ1v) is 6.95. The van der Waals surface area contributed by atoms with E-state index in [2.05, 4.69) is 0 Å². The van der Waals surface area contributed by atoms with Gasteiger partial charge in [0, 0.05) is 6.54 Å². The van der Waals surface area contributed by atoms with E-state index >= 15 is 0 Å². The zero-order valence-electron chi connectivity index (χ0n) is 11.5. The Morgan fingerprint density at radius 1 is 1.16 bits per heavy atom. The van der Waals surface area contributed by atoms with Gasteiger partial charge in [0.25, 0.3) is 0 Å². The molecule has 2 unspecified atom stereocenters. The van der Waals surface area contributed by atoms with Crippen molar-refractivity contribution in [1.29, 1.82) is 0 Å². The third-order valence-corrected chi connectivity index (χ3v) is 3.57. The van der Waals surface area contributed by atoms with Crippen LogP contribution >= 0.6 is 0 Å². The van der Waals surface area contributed by atoms with Crippen LogP contribution in [0.5, 0.6) is 0 Å². The first-order chi connectivity index (χ1) is 9.19. The zero-order chi connectivity index (χ0) is 13.8. The van der Waals surface area contributed by atoms with Crippen molar-refractivity contribution in [2.75, 3.05) is 19.8 Å². The molecule has 19 heavy (non-hydrogen) atoms. The molecule has 6 heteroatoms. The number of hydrogen-bond acceptors (Lipinski definition) is 6. The monoisotopic (exact) mass is 271 g/mol. The van der Waals surface area contributed by atoms with Crippen molar-refractivity contribution in [2.45, 2.75) is 45.3 Å². The molecule has 2 rings (SSSR count). The molecule has 0 aliphatic carbocycles. The average molecular weight is 271 g/mol. The molecule has 0 aromatic heterocycles. The number of rotatable bonds is 4. The van der Waals surface area contributed by atoms with E-state index in [9.17, 15) is 9.59 Å². The number of esters is 2. The lowest BCUT2D eigenvalue weighted by Crippen LogP contribution is -2.41. The van der Waals surface area contributed by atoms with Gasteiger partial charge >= 0.3 is 11.9 Å². The Kier molecular flexibility index (Phi) is 4.76. The van der Waals surface area contributed by atoms with Gasteiger partial charge in [-0.3, -0.25) is 9.63 Å². The lowest BCUT2D eigenvalue weighted by atomic mass is 9.89. The highest BCUT2D eigenvalue weighted by Crippen LogP contribution is 2.35. The van der Waals surface area contributed by atoms with Crippen molar-refractivity contribution >= 4 is 11.9 Å². The summed E-state index contributed by atoms with van der Waals surface area (Å²) in [6, 6.07) is -0.0674. The number of hydroxylamine groups is 2. The summed E-state index contributed by atoms with van der Waals surface area (Å²) >= 11 is 0. The molecule has 2 aliphatic rings. The van der Waals surface area contributed by atoms with Crippen molar-refractivity contribution in [3.05, 3.63) is 0 Å². The Labute approximate surface area is 112 Å². The number of piperidine rings is 1. The number of hydrogen-bond donors (Lipinski definition) is 0. The Bertz CT molecular complexity index is 346. The molecule has 2 fully saturated rings. The van der Waals surface area contributed by atoms with Crippen molar-refractivity contribution in [3.63, 3.8) is 0 Å². The Hall–Kier alpha value is -1.14. The van der Waals surface area contributed by atoms with Gasteiger partial charge in [0.15, 0.2) is 6.10 Å². The van der Waals surface area contributed by atoms with E-state index in [0.29, 0.717) is 6.61 Å². The topological polar surface area (TPSA) is 65.1 Å². The molecule has 6 nitrogen and oxygen atoms in total. The Morgan fingerprint density at radius 3 is 2.53 bits per heavy atom. The normalized spacial score (nSPS) is 30.7. The van der Waals surface area contributed by atoms with E-state index in [1.165, 1.54) is 0 Å². The summed E-state index contributed by atoms with van der Waals surface area (Å²) < 4.78 is 10.1. The van der Waals surface area contributed by atoms with Crippen LogP contribution in [0.3, 0.4) is 0 Å². The van der Waals surface area contributed by atoms with Gasteiger partial charge in [0.05, 0.1) is 19.3 Å². The van der Waals surface area contributed by atoms with E-state index < -0.39 is 18.0 Å². The predicted octanol–water partition coefficient (Wildman–Crippen LogP) is 0.897. The van der Waals surface area contributed by atoms with Gasteiger partial charge in [-0.2, -0.15) is 5.06 Å². The fourth-order valence-corrected chi connectivity index (χ4v) is 2.77. The molecule has 0 N–H and O–H groups in total. The molecular formula is C13H21NO5. The number of fused-ring (bicyclic) bond motifs is 1. The number of ether oxygens (including phenoxy) is 2. The summed E-state index contributed by atoms with van der Waals surface area (Å²) in [7, 11) is 0. The van der Waals surface area contributed by atoms with Crippen LogP contribution in [0.15, 0.2) is 0 Å². The molecule has 2 heterocycles. The van der Waals surface area contributed by atoms with Crippen LogP contribution in [0.1, 0.15) is 33.1 Å². The van der Waals surface area contributed by atoms with Crippen LogP contribution in [-0.4, -0.2) is 48.9 Å². The molecule has 2 aliphatic heterocycles. The summed E-state index contributed by atoms with van der Waals surface area (Å²) in [6.45, 7) is 4.82. The molecule has 0 aromatic rings. The smallest absolute Gasteiger partial charge is 0.338 e. The first kappa shape index (κ1) is 14.3. The standard InChI is InChI=1S/C13H21NO5/c1-3-17-12(15)10-9-7-5-6-8-14(9)19-11(10)13(16)18-4-2/h9-11H,3-8H2,1-2H3/t9?,10-,11?/m0/s1. The van der Waals surface area contributed by atoms with Crippen molar-refractivity contribution in [3.8, 4) is 0 Å². The quantitative estimate of drug-likeness (QED) is 0.708. The van der Waals surface area contributed by atoms with Gasteiger partial charge in [0.2, 0.25) is 0 Å². The number of carbonyl (C=O) groups is 2. The second kappa shape index (κ2) is 6.34. The van der Waals surface area contributed by atoms with E-state index in [0.717, 1.165) is 25.8 Å². The van der Waals surface area contributed by atoms with E-state index in [-0.39, 0.29) is 18.6 Å². The Balaban J connectivity index is 2.15. The maximum atomic E-state index is 12.1. The zero-order valence-corrected chi connectivity index (χ0v) is 11.5. The van der Waals surface area contributed by atoms with Gasteiger partial charge in [-0.1, -0.05) is 6.42 Å². The van der Waals surface area contributed by atoms with Gasteiger partial charge in [-0.05, 0) is 26.7 Å². The third kappa shape index (κ3) is 2.90. The van der Waals surface area contributed by atoms with E-state index in [1.54, 1.807) is 18.9 Å². The van der Waals surface area contributed by atoms with Crippen LogP contribution in [0, 0.1) is 5.92 Å². The van der Waals surface area contributed by atoms with Gasteiger partial charge in [0.1, 0.15) is 5.92 Å². The average Bonchev–Trinajstić information content (AvgIpc) is 2.78. The second-order valence-electron chi connectivity index (χ2n) is 4.76. The van der Waals surface area contributed by atoms with Crippen molar-refractivity contribution in [2.24, 2.45) is 5.92 Å². The molecule has 0 spiro atoms. The van der Waals surface area contributed by atoms with Crippen LogP contribution < -0.4 is 0 Å². The van der Waals surface area contributed by atoms with Crippen LogP contribution in [0.25, 0.3) is 0 Å². The highest BCUT2D eigenvalue weighted by molar-refractivity contribution is 5.85. The largest absolute Gasteiger partial charge is 0.466 e. The van der Waals surface area contributed by atoms with Crippen LogP contribution in [0.4, 0.5) is 0 Å². The molecule has 0 aromatic carbocycles. The third-order valence-electron chi connectivity index (χ3n) is 3.57. The summed E-state index contributed by atoms with van der Waals surface area (Å²) in [5.41, 5.74) is 0. The summed E-state index contributed by atoms with van der Waals surface area (Å²) in [6.07, 6.45) is 2.04. The van der Waals surface area contributed by atoms with Crippen molar-refractivity contribution in [1.82, 2.24) is 5.06 Å². The molecule has 108 valence electrons. The summed E-state index contributed by atoms with van der Waals surface area (Å²) in [5.74, 6) is -1.41. The van der Waals surface area contributed by atoms with E-state index in [1.807, 2.05) is 0 Å². The van der Waals surface area contributed by atoms with Crippen molar-refractivity contribution < 1.29 is 23.9 Å². The second-order valence-corrected chi connectivity index (χ2v) is 4.76. The number of nitrogens with zero attached hydrogens (tertiary/aromatic N) is 1. The molecular weight excluding hydrogens is 250 g/mol. The molecule has 0 radical (unpaired) electrons. The van der Waals surface area contributed by atoms with Crippen LogP contribution in [0.2, 0.25) is 0 Å². The maximum Gasteiger partial charge on any atom is 0.338 e. The minimum atomic E-state index is -0.859. The molecule has 0 amide bonds. The summed E-state index contributed by atoms with van der Waals surface area (Å²) in [5, 5.41) is 1.76. The molecule has 0 bridgehead atoms. The molecule has 2 saturated heterocycles. The fourth-order valence-electron chi connectivity index (χ4n) is 2.77. The molecule has 3 atom stereocenters. The van der Waals surface area contributed by atoms with Gasteiger partial charge < -0.3 is 9.47 Å². The van der Waals surface area contributed by atoms with E-state index in [4.69, 9.17) is 14.3 Å². The van der Waals surface area contributed by atoms with Crippen LogP contribution in [-0.2, 0) is 23.9 Å². The Morgan fingerprint density at radius 2 is 1.84 bits per heavy atom. The lowest BCUT2D eigenvalue weighted by molar-refractivity contribution is -0.194. The maximum absolute atomic E-state index is 12.1. The minimum absolute atomic E-state index is 0.0674. The SMILES string of the molecule is CCOC(=O)C1ON2CCCCC2[C@@H]1C(=O)OCC. The minimum Gasteiger partial charge on any atom is -0.466 e. The van der Waals surface area contributed by atoms with Gasteiger partial charge in [-0.15, -0.1) is 0 Å². The summed E-state index contributed by atoms with van der Waals surface area (Å²) in [4.78, 5) is 29.6. The number of carbonyl (C=O) groups excluding carboxylic acids is 2. The molecule has 0 saturated carbocycles. The predicted molar refractivity (Wildman–Crippen MR) is 66.0 cm³/mol. The highest BCUT2D eigenvalue weighted by Gasteiger charge is 2.52. The first-order valence-electron chi connectivity index (χ1n) is 6.95. The fraction of sp³-hybridized carbons (Fsp3) is 0.846. The lowest BCUT2D eigenvalue weighted by Gasteiger charge is -2.28.